The number of hydrogen-bond acceptors (Lipinski definition) is 6. The average molecular weight is 598 g/mol. The zero-order valence-corrected chi connectivity index (χ0v) is 25.8. The van der Waals surface area contributed by atoms with Gasteiger partial charge < -0.3 is 19.1 Å². The molecular weight excluding hydrogens is 557 g/mol. The van der Waals surface area contributed by atoms with E-state index in [1.807, 2.05) is 43.5 Å². The second kappa shape index (κ2) is 13.5. The van der Waals surface area contributed by atoms with Crippen LogP contribution in [-0.4, -0.2) is 54.4 Å². The summed E-state index contributed by atoms with van der Waals surface area (Å²) in [6.07, 6.45) is 8.09. The Bertz CT molecular complexity index is 1670. The molecule has 4 aromatic rings. The molecule has 0 radical (unpaired) electrons. The van der Waals surface area contributed by atoms with Gasteiger partial charge in [-0.25, -0.2) is 9.37 Å². The van der Waals surface area contributed by atoms with Crippen molar-refractivity contribution in [2.45, 2.75) is 45.1 Å². The van der Waals surface area contributed by atoms with Crippen LogP contribution in [0.25, 0.3) is 28.0 Å². The maximum atomic E-state index is 14.1. The number of aromatic nitrogens is 2. The van der Waals surface area contributed by atoms with E-state index in [4.69, 9.17) is 19.2 Å². The molecule has 7 nitrogen and oxygen atoms in total. The van der Waals surface area contributed by atoms with Crippen molar-refractivity contribution in [3.8, 4) is 28.1 Å². The summed E-state index contributed by atoms with van der Waals surface area (Å²) in [5.74, 6) is 0.791. The third-order valence-corrected chi connectivity index (χ3v) is 8.26. The van der Waals surface area contributed by atoms with E-state index in [2.05, 4.69) is 29.4 Å². The van der Waals surface area contributed by atoms with Gasteiger partial charge in [0.15, 0.2) is 0 Å². The Kier molecular flexibility index (Phi) is 9.49. The second-order valence-corrected chi connectivity index (χ2v) is 11.4. The summed E-state index contributed by atoms with van der Waals surface area (Å²) in [6.45, 7) is 14.2. The summed E-state index contributed by atoms with van der Waals surface area (Å²) in [7, 11) is 1.42. The van der Waals surface area contributed by atoms with Gasteiger partial charge in [0.2, 0.25) is 0 Å². The first-order valence-corrected chi connectivity index (χ1v) is 15.0. The number of carbonyl (C=O) groups is 1. The van der Waals surface area contributed by atoms with E-state index >= 15 is 0 Å². The molecule has 0 unspecified atom stereocenters. The number of hydrogen-bond donors (Lipinski definition) is 0. The monoisotopic (exact) mass is 597 g/mol. The van der Waals surface area contributed by atoms with E-state index < -0.39 is 0 Å². The zero-order valence-electron chi connectivity index (χ0n) is 25.8. The number of ether oxygens (including phenoxy) is 3. The molecule has 1 aliphatic heterocycles. The topological polar surface area (TPSA) is 65.3 Å². The Labute approximate surface area is 258 Å². The van der Waals surface area contributed by atoms with Gasteiger partial charge >= 0.3 is 5.97 Å². The number of carbonyl (C=O) groups excluding carboxylic acids is 1. The second-order valence-electron chi connectivity index (χ2n) is 11.4. The third kappa shape index (κ3) is 6.70. The SMILES string of the molecule is C=CCCOc1cc(F)ccc1-c1cccc(-c2cn3c(N4CCC(C)(OCC=C)CC4)c(CC(=O)OC)c(C)cc3n2)c1. The number of aryl methyl sites for hydroxylation is 1. The molecule has 0 bridgehead atoms. The van der Waals surface area contributed by atoms with Crippen molar-refractivity contribution in [3.63, 3.8) is 0 Å². The quantitative estimate of drug-likeness (QED) is 0.0967. The van der Waals surface area contributed by atoms with Crippen LogP contribution in [0.5, 0.6) is 5.75 Å². The van der Waals surface area contributed by atoms with Crippen LogP contribution in [-0.2, 0) is 20.7 Å². The fourth-order valence-electron chi connectivity index (χ4n) is 5.73. The van der Waals surface area contributed by atoms with Crippen LogP contribution < -0.4 is 9.64 Å². The van der Waals surface area contributed by atoms with Crippen LogP contribution in [0.2, 0.25) is 0 Å². The molecule has 5 rings (SSSR count). The molecule has 1 fully saturated rings. The van der Waals surface area contributed by atoms with Crippen molar-refractivity contribution in [1.29, 1.82) is 0 Å². The number of nitrogens with zero attached hydrogens (tertiary/aromatic N) is 3. The lowest BCUT2D eigenvalue weighted by molar-refractivity contribution is -0.139. The van der Waals surface area contributed by atoms with Crippen molar-refractivity contribution in [3.05, 3.63) is 97.0 Å². The van der Waals surface area contributed by atoms with Gasteiger partial charge in [-0.1, -0.05) is 30.4 Å². The molecule has 0 spiro atoms. The maximum absolute atomic E-state index is 14.1. The third-order valence-electron chi connectivity index (χ3n) is 8.26. The molecule has 2 aromatic carbocycles. The van der Waals surface area contributed by atoms with Gasteiger partial charge in [0.1, 0.15) is 23.0 Å². The molecule has 2 aromatic heterocycles. The summed E-state index contributed by atoms with van der Waals surface area (Å²) >= 11 is 0. The highest BCUT2D eigenvalue weighted by Gasteiger charge is 2.33. The fraction of sp³-hybridized carbons (Fsp3) is 0.333. The van der Waals surface area contributed by atoms with E-state index in [1.165, 1.54) is 19.2 Å². The van der Waals surface area contributed by atoms with Crippen molar-refractivity contribution in [1.82, 2.24) is 9.38 Å². The Morgan fingerprint density at radius 2 is 1.86 bits per heavy atom. The van der Waals surface area contributed by atoms with Gasteiger partial charge in [-0.2, -0.15) is 0 Å². The van der Waals surface area contributed by atoms with Gasteiger partial charge in [-0.05, 0) is 68.5 Å². The Balaban J connectivity index is 1.55. The predicted octanol–water partition coefficient (Wildman–Crippen LogP) is 7.35. The lowest BCUT2D eigenvalue weighted by Crippen LogP contribution is -2.45. The van der Waals surface area contributed by atoms with Gasteiger partial charge in [0.05, 0.1) is 38.0 Å². The van der Waals surface area contributed by atoms with E-state index in [0.717, 1.165) is 70.9 Å². The largest absolute Gasteiger partial charge is 0.493 e. The minimum absolute atomic E-state index is 0.163. The van der Waals surface area contributed by atoms with Gasteiger partial charge in [-0.3, -0.25) is 9.20 Å². The first-order chi connectivity index (χ1) is 21.2. The maximum Gasteiger partial charge on any atom is 0.310 e. The summed E-state index contributed by atoms with van der Waals surface area (Å²) in [5.41, 5.74) is 5.85. The van der Waals surface area contributed by atoms with Crippen molar-refractivity contribution in [2.75, 3.05) is 38.3 Å². The van der Waals surface area contributed by atoms with Gasteiger partial charge in [-0.15, -0.1) is 13.2 Å². The standard InChI is InChI=1S/C36H40FN3O4/c1-6-8-19-43-32-22-28(37)12-13-29(32)26-10-9-11-27(21-26)31-24-40-33(38-31)20-25(3)30(23-34(41)42-5)35(40)39-16-14-36(4,15-17-39)44-18-7-2/h6-7,9-13,20-22,24H,1-2,8,14-19,23H2,3-5H3. The lowest BCUT2D eigenvalue weighted by atomic mass is 9.92. The molecule has 0 aliphatic carbocycles. The van der Waals surface area contributed by atoms with Crippen LogP contribution in [0.15, 0.2) is 80.0 Å². The van der Waals surface area contributed by atoms with Crippen molar-refractivity contribution >= 4 is 17.4 Å². The molecule has 3 heterocycles. The van der Waals surface area contributed by atoms with Crippen LogP contribution in [0.3, 0.4) is 0 Å². The van der Waals surface area contributed by atoms with Gasteiger partial charge in [0.25, 0.3) is 0 Å². The fourth-order valence-corrected chi connectivity index (χ4v) is 5.73. The van der Waals surface area contributed by atoms with E-state index in [-0.39, 0.29) is 23.8 Å². The highest BCUT2D eigenvalue weighted by atomic mass is 19.1. The number of pyridine rings is 1. The highest BCUT2D eigenvalue weighted by Crippen LogP contribution is 2.36. The molecule has 0 N–H and O–H groups in total. The highest BCUT2D eigenvalue weighted by molar-refractivity contribution is 5.79. The number of imidazole rings is 1. The minimum atomic E-state index is -0.352. The number of fused-ring (bicyclic) bond motifs is 1. The number of methoxy groups -OCH3 is 1. The Hall–Kier alpha value is -4.43. The summed E-state index contributed by atoms with van der Waals surface area (Å²) in [4.78, 5) is 19.9. The van der Waals surface area contributed by atoms with Crippen LogP contribution in [0.1, 0.15) is 37.3 Å². The molecule has 230 valence electrons. The molecule has 0 atom stereocenters. The van der Waals surface area contributed by atoms with E-state index in [1.54, 1.807) is 18.2 Å². The van der Waals surface area contributed by atoms with Crippen LogP contribution in [0, 0.1) is 12.7 Å². The average Bonchev–Trinajstić information content (AvgIpc) is 3.45. The van der Waals surface area contributed by atoms with E-state index in [0.29, 0.717) is 25.4 Å². The van der Waals surface area contributed by atoms with E-state index in [9.17, 15) is 9.18 Å². The van der Waals surface area contributed by atoms with Crippen LogP contribution >= 0.6 is 0 Å². The number of halogens is 1. The molecule has 0 saturated carbocycles. The minimum Gasteiger partial charge on any atom is -0.493 e. The zero-order chi connectivity index (χ0) is 31.3. The molecule has 1 aliphatic rings. The number of benzene rings is 2. The first kappa shape index (κ1) is 31.0. The number of rotatable bonds is 12. The summed E-state index contributed by atoms with van der Waals surface area (Å²) in [6, 6.07) is 14.6. The van der Waals surface area contributed by atoms with Crippen molar-refractivity contribution in [2.24, 2.45) is 0 Å². The molecule has 44 heavy (non-hydrogen) atoms. The summed E-state index contributed by atoms with van der Waals surface area (Å²) < 4.78 is 33.3. The summed E-state index contributed by atoms with van der Waals surface area (Å²) in [5, 5.41) is 0. The van der Waals surface area contributed by atoms with Crippen molar-refractivity contribution < 1.29 is 23.4 Å². The lowest BCUT2D eigenvalue weighted by Gasteiger charge is -2.41. The van der Waals surface area contributed by atoms with Gasteiger partial charge in [0, 0.05) is 42.0 Å². The molecule has 8 heteroatoms. The number of piperidine rings is 1. The van der Waals surface area contributed by atoms with Crippen LogP contribution in [0.4, 0.5) is 10.2 Å². The first-order valence-electron chi connectivity index (χ1n) is 15.0. The number of anilines is 1. The molecule has 1 saturated heterocycles. The Morgan fingerprint density at radius 1 is 1.09 bits per heavy atom. The Morgan fingerprint density at radius 3 is 2.59 bits per heavy atom. The predicted molar refractivity (Wildman–Crippen MR) is 173 cm³/mol. The normalized spacial score (nSPS) is 14.4. The molecule has 0 amide bonds. The smallest absolute Gasteiger partial charge is 0.310 e. The number of esters is 1. The molecular formula is C36H40FN3O4.